The van der Waals surface area contributed by atoms with Crippen molar-refractivity contribution < 1.29 is 46.3 Å². The number of hydrogen-bond acceptors (Lipinski definition) is 10. The number of rotatable bonds is 9. The number of nitrogens with zero attached hydrogens (tertiary/aromatic N) is 4. The quantitative estimate of drug-likeness (QED) is 0.117. The summed E-state index contributed by atoms with van der Waals surface area (Å²) in [5.41, 5.74) is 7.47. The molecule has 1 saturated heterocycles. The Morgan fingerprint density at radius 2 is 2.00 bits per heavy atom. The van der Waals surface area contributed by atoms with E-state index in [0.29, 0.717) is 0 Å². The summed E-state index contributed by atoms with van der Waals surface area (Å²) in [7, 11) is -10.9. The van der Waals surface area contributed by atoms with Crippen LogP contribution >= 0.6 is 23.1 Å². The first-order valence-electron chi connectivity index (χ1n) is 7.98. The number of azide groups is 1. The van der Waals surface area contributed by atoms with Crippen LogP contribution in [0.3, 0.4) is 0 Å². The van der Waals surface area contributed by atoms with Crippen molar-refractivity contribution in [3.8, 4) is 0 Å². The molecule has 4 N–H and O–H groups in total. The largest absolute Gasteiger partial charge is 0.485 e. The fourth-order valence-electron chi connectivity index (χ4n) is 2.52. The van der Waals surface area contributed by atoms with Gasteiger partial charge in [-0.2, -0.15) is 4.31 Å². The van der Waals surface area contributed by atoms with Crippen molar-refractivity contribution in [2.45, 2.75) is 31.7 Å². The molecule has 21 heteroatoms. The highest BCUT2D eigenvalue weighted by atomic mass is 31.3. The summed E-state index contributed by atoms with van der Waals surface area (Å²) in [6.45, 7) is 0.686. The van der Waals surface area contributed by atoms with Crippen molar-refractivity contribution >= 4 is 30.7 Å². The lowest BCUT2D eigenvalue weighted by molar-refractivity contribution is -0.0232. The molecule has 1 aromatic rings. The maximum absolute atomic E-state index is 12.0. The normalized spacial score (nSPS) is 25.4. The summed E-state index contributed by atoms with van der Waals surface area (Å²) in [6.07, 6.45) is -1.08. The van der Waals surface area contributed by atoms with E-state index in [0.717, 1.165) is 4.57 Å². The molecule has 31 heavy (non-hydrogen) atoms. The van der Waals surface area contributed by atoms with Gasteiger partial charge >= 0.3 is 21.3 Å². The number of ether oxygens (including phenoxy) is 1. The zero-order valence-corrected chi connectivity index (χ0v) is 18.1. The Balaban J connectivity index is 2.14. The molecular weight excluding hydrogens is 486 g/mol. The van der Waals surface area contributed by atoms with Gasteiger partial charge < -0.3 is 36.1 Å². The molecule has 3 radical (unpaired) electrons. The molecule has 0 aromatic carbocycles. The van der Waals surface area contributed by atoms with Crippen LogP contribution in [-0.2, 0) is 31.6 Å². The smallest absolute Gasteiger partial charge is 0.443 e. The molecule has 0 spiro atoms. The Kier molecular flexibility index (Phi) is 7.91. The molecule has 1 aliphatic rings. The van der Waals surface area contributed by atoms with E-state index < -0.39 is 59.3 Å². The molecule has 2 heterocycles. The Labute approximate surface area is 173 Å². The average molecular weight is 501 g/mol. The van der Waals surface area contributed by atoms with Crippen LogP contribution in [0.4, 0.5) is 0 Å². The van der Waals surface area contributed by atoms with Crippen LogP contribution in [0, 0.1) is 6.92 Å². The summed E-state index contributed by atoms with van der Waals surface area (Å²) in [5, 5.41) is 3.46. The highest BCUT2D eigenvalue weighted by Crippen LogP contribution is 2.66. The molecule has 0 amide bonds. The number of H-pyrrole nitrogens is 1. The van der Waals surface area contributed by atoms with Gasteiger partial charge in [-0.3, -0.25) is 14.3 Å². The third-order valence-electron chi connectivity index (χ3n) is 3.71. The predicted octanol–water partition coefficient (Wildman–Crippen LogP) is 0.331. The van der Waals surface area contributed by atoms with Crippen LogP contribution in [0.2, 0.25) is 0 Å². The molecule has 17 nitrogen and oxygen atoms in total. The molecule has 1 fully saturated rings. The van der Waals surface area contributed by atoms with Crippen molar-refractivity contribution in [2.24, 2.45) is 5.11 Å². The van der Waals surface area contributed by atoms with Gasteiger partial charge in [0.25, 0.3) is 5.56 Å². The molecular formula is C10H15BN5O12P3-. The molecule has 5 atom stereocenters. The minimum Gasteiger partial charge on any atom is -0.443 e. The first kappa shape index (κ1) is 25.7. The van der Waals surface area contributed by atoms with E-state index in [1.165, 1.54) is 13.1 Å². The van der Waals surface area contributed by atoms with Crippen LogP contribution < -0.4 is 11.2 Å². The summed E-state index contributed by atoms with van der Waals surface area (Å²) in [4.78, 5) is 54.5. The molecule has 2 rings (SSSR count). The van der Waals surface area contributed by atoms with Gasteiger partial charge in [-0.05, 0) is 12.5 Å². The topological polar surface area (TPSA) is 252 Å². The van der Waals surface area contributed by atoms with E-state index in [2.05, 4.69) is 23.6 Å². The maximum atomic E-state index is 12.0. The Morgan fingerprint density at radius 3 is 2.58 bits per heavy atom. The van der Waals surface area contributed by atoms with Crippen LogP contribution in [0.15, 0.2) is 20.9 Å². The molecule has 0 saturated carbocycles. The van der Waals surface area contributed by atoms with E-state index >= 15 is 0 Å². The van der Waals surface area contributed by atoms with Gasteiger partial charge in [-0.1, -0.05) is 5.11 Å². The lowest BCUT2D eigenvalue weighted by Crippen LogP contribution is -2.33. The highest BCUT2D eigenvalue weighted by Gasteiger charge is 2.38. The summed E-state index contributed by atoms with van der Waals surface area (Å²) >= 11 is 0. The third kappa shape index (κ3) is 7.53. The molecule has 1 unspecified atom stereocenters. The van der Waals surface area contributed by atoms with Crippen molar-refractivity contribution in [1.29, 1.82) is 0 Å². The van der Waals surface area contributed by atoms with E-state index in [1.54, 1.807) is 0 Å². The van der Waals surface area contributed by atoms with E-state index in [1.807, 2.05) is 0 Å². The van der Waals surface area contributed by atoms with Crippen LogP contribution in [-0.4, -0.2) is 50.5 Å². The van der Waals surface area contributed by atoms with E-state index in [-0.39, 0.29) is 12.0 Å². The second-order valence-electron chi connectivity index (χ2n) is 6.07. The Hall–Kier alpha value is -1.54. The Morgan fingerprint density at radius 1 is 1.35 bits per heavy atom. The third-order valence-corrected chi connectivity index (χ3v) is 7.63. The number of aromatic nitrogens is 2. The number of phosphoric acid groups is 2. The number of hydrogen-bond donors (Lipinski definition) is 4. The molecule has 171 valence electrons. The lowest BCUT2D eigenvalue weighted by atomic mass is 10.1. The zero-order chi connectivity index (χ0) is 23.6. The van der Waals surface area contributed by atoms with Crippen molar-refractivity contribution in [2.75, 3.05) is 6.61 Å². The van der Waals surface area contributed by atoms with E-state index in [4.69, 9.17) is 32.1 Å². The second kappa shape index (κ2) is 9.53. The summed E-state index contributed by atoms with van der Waals surface area (Å²) in [6, 6.07) is -0.985. The second-order valence-corrected chi connectivity index (χ2v) is 10.6. The number of aromatic amines is 1. The zero-order valence-electron chi connectivity index (χ0n) is 15.4. The summed E-state index contributed by atoms with van der Waals surface area (Å²) in [5.74, 6) is 0. The monoisotopic (exact) mass is 501 g/mol. The molecule has 1 aromatic heterocycles. The number of aryl methyl sites for hydroxylation is 1. The van der Waals surface area contributed by atoms with Gasteiger partial charge in [0.1, 0.15) is 6.23 Å². The van der Waals surface area contributed by atoms with Crippen molar-refractivity contribution in [3.63, 3.8) is 0 Å². The highest BCUT2D eigenvalue weighted by molar-refractivity contribution is 7.84. The van der Waals surface area contributed by atoms with Gasteiger partial charge in [0, 0.05) is 23.1 Å². The average Bonchev–Trinajstić information content (AvgIpc) is 2.96. The molecule has 0 aliphatic carbocycles. The number of nitrogens with one attached hydrogen (secondary N) is 1. The minimum atomic E-state index is -5.58. The van der Waals surface area contributed by atoms with E-state index in [9.17, 15) is 28.2 Å². The predicted molar refractivity (Wildman–Crippen MR) is 101 cm³/mol. The minimum absolute atomic E-state index is 0.0704. The fourth-order valence-corrected chi connectivity index (χ4v) is 5.67. The van der Waals surface area contributed by atoms with Gasteiger partial charge in [-0.25, -0.2) is 18.2 Å². The SMILES string of the molecule is [B-][P@@](=O)(OC[C@H]1O[C@@H](n2cc(C)c(=O)[nH]c2=O)C[C@@H]1N=[N+]=[N-])OP(=O)(O)OP(=O)(O)O. The molecule has 0 bridgehead atoms. The van der Waals surface area contributed by atoms with Crippen LogP contribution in [0.5, 0.6) is 0 Å². The van der Waals surface area contributed by atoms with Crippen LogP contribution in [0.25, 0.3) is 10.4 Å². The molecule has 1 aliphatic heterocycles. The van der Waals surface area contributed by atoms with Gasteiger partial charge in [0.05, 0.1) is 26.2 Å². The Bertz CT molecular complexity index is 1140. The van der Waals surface area contributed by atoms with Gasteiger partial charge in [0.2, 0.25) is 0 Å². The van der Waals surface area contributed by atoms with Gasteiger partial charge in [0.15, 0.2) is 0 Å². The first-order valence-corrected chi connectivity index (χ1v) is 12.6. The van der Waals surface area contributed by atoms with Crippen molar-refractivity contribution in [1.82, 2.24) is 9.55 Å². The summed E-state index contributed by atoms with van der Waals surface area (Å²) < 4.78 is 52.8. The maximum Gasteiger partial charge on any atom is 0.485 e. The lowest BCUT2D eigenvalue weighted by Gasteiger charge is -2.29. The fraction of sp³-hybridized carbons (Fsp3) is 0.600. The van der Waals surface area contributed by atoms with Crippen LogP contribution in [0.1, 0.15) is 18.2 Å². The first-order chi connectivity index (χ1) is 14.1. The van der Waals surface area contributed by atoms with Crippen molar-refractivity contribution in [3.05, 3.63) is 43.0 Å². The standard InChI is InChI=1S/C10H15BN5O12P3/c1-5-3-16(10(18)13-9(5)17)8-2-6(14-15-12)7(26-8)4-25-29(11,19)27-31(23,24)28-30(20,21)22/h3,6-8H,2,4H2,1H3,(H,23,24)(H,13,17,18)(H2,20,21,22)/q-1/t6-,7+,8+,29+/m0/s1. The van der Waals surface area contributed by atoms with Gasteiger partial charge in [-0.15, -0.1) is 0 Å².